The Morgan fingerprint density at radius 3 is 2.81 bits per heavy atom. The standard InChI is InChI=1S/C13H18N4O3S/c1-8-6-17-7-11(4-5-12(17)14-8)16-21(18,19)13-9(2)15-20-10(13)3/h6,11,16H,4-5,7H2,1-3H3/t11-/m0/s1. The van der Waals surface area contributed by atoms with E-state index in [1.165, 1.54) is 0 Å². The Labute approximate surface area is 123 Å². The molecule has 0 aromatic carbocycles. The Bertz CT molecular complexity index is 756. The number of hydrogen-bond acceptors (Lipinski definition) is 5. The quantitative estimate of drug-likeness (QED) is 0.916. The molecule has 1 aliphatic rings. The predicted octanol–water partition coefficient (Wildman–Crippen LogP) is 1.09. The lowest BCUT2D eigenvalue weighted by atomic mass is 10.1. The molecule has 3 heterocycles. The summed E-state index contributed by atoms with van der Waals surface area (Å²) >= 11 is 0. The summed E-state index contributed by atoms with van der Waals surface area (Å²) in [4.78, 5) is 4.57. The highest BCUT2D eigenvalue weighted by atomic mass is 32.2. The van der Waals surface area contributed by atoms with Gasteiger partial charge in [0.1, 0.15) is 16.4 Å². The molecule has 0 radical (unpaired) electrons. The maximum Gasteiger partial charge on any atom is 0.246 e. The number of rotatable bonds is 3. The molecule has 114 valence electrons. The zero-order valence-corrected chi connectivity index (χ0v) is 13.1. The lowest BCUT2D eigenvalue weighted by molar-refractivity contribution is 0.390. The molecular weight excluding hydrogens is 292 g/mol. The van der Waals surface area contributed by atoms with E-state index < -0.39 is 10.0 Å². The molecular formula is C13H18N4O3S. The van der Waals surface area contributed by atoms with Crippen molar-refractivity contribution in [3.8, 4) is 0 Å². The van der Waals surface area contributed by atoms with Crippen LogP contribution in [0.15, 0.2) is 15.6 Å². The van der Waals surface area contributed by atoms with Gasteiger partial charge in [-0.3, -0.25) is 0 Å². The molecule has 1 N–H and O–H groups in total. The molecule has 0 fully saturated rings. The Hall–Kier alpha value is -1.67. The number of sulfonamides is 1. The fraction of sp³-hybridized carbons (Fsp3) is 0.538. The lowest BCUT2D eigenvalue weighted by Crippen LogP contribution is -2.41. The van der Waals surface area contributed by atoms with Gasteiger partial charge in [0.2, 0.25) is 10.0 Å². The normalized spacial score (nSPS) is 18.7. The summed E-state index contributed by atoms with van der Waals surface area (Å²) in [6.45, 7) is 5.77. The molecule has 3 rings (SSSR count). The number of nitrogens with zero attached hydrogens (tertiary/aromatic N) is 3. The van der Waals surface area contributed by atoms with E-state index in [9.17, 15) is 8.42 Å². The molecule has 0 saturated carbocycles. The van der Waals surface area contributed by atoms with Crippen molar-refractivity contribution in [2.24, 2.45) is 0 Å². The first-order chi connectivity index (χ1) is 9.87. The van der Waals surface area contributed by atoms with Crippen molar-refractivity contribution in [1.82, 2.24) is 19.4 Å². The number of hydrogen-bond donors (Lipinski definition) is 1. The third-order valence-corrected chi connectivity index (χ3v) is 5.44. The van der Waals surface area contributed by atoms with Crippen molar-refractivity contribution >= 4 is 10.0 Å². The third-order valence-electron chi connectivity index (χ3n) is 3.67. The summed E-state index contributed by atoms with van der Waals surface area (Å²) in [5.41, 5.74) is 1.34. The molecule has 0 aliphatic carbocycles. The van der Waals surface area contributed by atoms with E-state index in [1.54, 1.807) is 13.8 Å². The van der Waals surface area contributed by atoms with Crippen molar-refractivity contribution in [1.29, 1.82) is 0 Å². The van der Waals surface area contributed by atoms with Crippen LogP contribution < -0.4 is 4.72 Å². The maximum atomic E-state index is 12.5. The number of imidazole rings is 1. The number of nitrogens with one attached hydrogen (secondary N) is 1. The average Bonchev–Trinajstić information content (AvgIpc) is 2.90. The van der Waals surface area contributed by atoms with Gasteiger partial charge in [0.25, 0.3) is 0 Å². The van der Waals surface area contributed by atoms with Gasteiger partial charge < -0.3 is 9.09 Å². The van der Waals surface area contributed by atoms with Crippen molar-refractivity contribution < 1.29 is 12.9 Å². The van der Waals surface area contributed by atoms with Crippen molar-refractivity contribution in [3.63, 3.8) is 0 Å². The summed E-state index contributed by atoms with van der Waals surface area (Å²) < 4.78 is 34.7. The van der Waals surface area contributed by atoms with E-state index in [4.69, 9.17) is 4.52 Å². The molecule has 0 saturated heterocycles. The van der Waals surface area contributed by atoms with Crippen LogP contribution in [0.25, 0.3) is 0 Å². The highest BCUT2D eigenvalue weighted by Crippen LogP contribution is 2.21. The largest absolute Gasteiger partial charge is 0.360 e. The maximum absolute atomic E-state index is 12.5. The van der Waals surface area contributed by atoms with Gasteiger partial charge in [-0.1, -0.05) is 5.16 Å². The Morgan fingerprint density at radius 1 is 1.38 bits per heavy atom. The van der Waals surface area contributed by atoms with Gasteiger partial charge >= 0.3 is 0 Å². The van der Waals surface area contributed by atoms with Gasteiger partial charge in [0.05, 0.1) is 5.69 Å². The highest BCUT2D eigenvalue weighted by molar-refractivity contribution is 7.89. The van der Waals surface area contributed by atoms with Crippen LogP contribution in [0.4, 0.5) is 0 Å². The molecule has 1 atom stereocenters. The van der Waals surface area contributed by atoms with Gasteiger partial charge in [-0.05, 0) is 27.2 Å². The van der Waals surface area contributed by atoms with Crippen LogP contribution in [-0.4, -0.2) is 29.2 Å². The Kier molecular flexibility index (Phi) is 3.37. The number of aromatic nitrogens is 3. The van der Waals surface area contributed by atoms with E-state index in [0.717, 1.165) is 24.4 Å². The highest BCUT2D eigenvalue weighted by Gasteiger charge is 2.29. The van der Waals surface area contributed by atoms with Gasteiger partial charge in [-0.2, -0.15) is 0 Å². The summed E-state index contributed by atoms with van der Waals surface area (Å²) in [5.74, 6) is 1.33. The molecule has 2 aromatic rings. The molecule has 0 unspecified atom stereocenters. The molecule has 8 heteroatoms. The van der Waals surface area contributed by atoms with E-state index in [1.807, 2.05) is 17.7 Å². The minimum absolute atomic E-state index is 0.148. The van der Waals surface area contributed by atoms with Crippen molar-refractivity contribution in [3.05, 3.63) is 29.2 Å². The second-order valence-electron chi connectivity index (χ2n) is 5.46. The Balaban J connectivity index is 1.81. The van der Waals surface area contributed by atoms with Gasteiger partial charge in [-0.25, -0.2) is 18.1 Å². The molecule has 21 heavy (non-hydrogen) atoms. The lowest BCUT2D eigenvalue weighted by Gasteiger charge is -2.24. The van der Waals surface area contributed by atoms with Crippen molar-refractivity contribution in [2.45, 2.75) is 51.1 Å². The second-order valence-corrected chi connectivity index (χ2v) is 7.11. The zero-order chi connectivity index (χ0) is 15.2. The van der Waals surface area contributed by atoms with Crippen LogP contribution in [0.2, 0.25) is 0 Å². The molecule has 0 spiro atoms. The van der Waals surface area contributed by atoms with E-state index in [0.29, 0.717) is 18.0 Å². The first kappa shape index (κ1) is 14.3. The minimum Gasteiger partial charge on any atom is -0.360 e. The fourth-order valence-electron chi connectivity index (χ4n) is 2.82. The van der Waals surface area contributed by atoms with Gasteiger partial charge in [0.15, 0.2) is 5.76 Å². The van der Waals surface area contributed by atoms with E-state index in [-0.39, 0.29) is 10.9 Å². The van der Waals surface area contributed by atoms with Crippen LogP contribution in [0.3, 0.4) is 0 Å². The predicted molar refractivity (Wildman–Crippen MR) is 75.4 cm³/mol. The first-order valence-corrected chi connectivity index (χ1v) is 8.33. The summed E-state index contributed by atoms with van der Waals surface area (Å²) in [6.07, 6.45) is 3.45. The second kappa shape index (κ2) is 4.96. The summed E-state index contributed by atoms with van der Waals surface area (Å²) in [7, 11) is -3.61. The molecule has 0 bridgehead atoms. The molecule has 7 nitrogen and oxygen atoms in total. The fourth-order valence-corrected chi connectivity index (χ4v) is 4.41. The van der Waals surface area contributed by atoms with Crippen molar-refractivity contribution in [2.75, 3.05) is 0 Å². The number of fused-ring (bicyclic) bond motifs is 1. The SMILES string of the molecule is Cc1cn2c(n1)CC[C@H](NS(=O)(=O)c1c(C)noc1C)C2. The molecule has 0 amide bonds. The van der Waals surface area contributed by atoms with Crippen LogP contribution >= 0.6 is 0 Å². The molecule has 2 aromatic heterocycles. The van der Waals surface area contributed by atoms with E-state index >= 15 is 0 Å². The average molecular weight is 310 g/mol. The van der Waals surface area contributed by atoms with Crippen LogP contribution in [-0.2, 0) is 23.0 Å². The smallest absolute Gasteiger partial charge is 0.246 e. The zero-order valence-electron chi connectivity index (χ0n) is 12.3. The van der Waals surface area contributed by atoms with Gasteiger partial charge in [0, 0.05) is 25.2 Å². The van der Waals surface area contributed by atoms with Crippen LogP contribution in [0, 0.1) is 20.8 Å². The van der Waals surface area contributed by atoms with Crippen LogP contribution in [0.1, 0.15) is 29.4 Å². The monoisotopic (exact) mass is 310 g/mol. The molecule has 1 aliphatic heterocycles. The topological polar surface area (TPSA) is 90.0 Å². The first-order valence-electron chi connectivity index (χ1n) is 6.84. The Morgan fingerprint density at radius 2 is 2.14 bits per heavy atom. The van der Waals surface area contributed by atoms with Crippen LogP contribution in [0.5, 0.6) is 0 Å². The van der Waals surface area contributed by atoms with E-state index in [2.05, 4.69) is 14.9 Å². The minimum atomic E-state index is -3.61. The summed E-state index contributed by atoms with van der Waals surface area (Å²) in [5, 5.41) is 3.71. The number of aryl methyl sites for hydroxylation is 4. The third kappa shape index (κ3) is 2.60. The summed E-state index contributed by atoms with van der Waals surface area (Å²) in [6, 6.07) is -0.148. The van der Waals surface area contributed by atoms with Gasteiger partial charge in [-0.15, -0.1) is 0 Å².